The second-order valence-electron chi connectivity index (χ2n) is 3.95. The van der Waals surface area contributed by atoms with Crippen molar-refractivity contribution >= 4 is 15.8 Å². The molecule has 0 spiro atoms. The van der Waals surface area contributed by atoms with Crippen molar-refractivity contribution in [1.82, 2.24) is 5.16 Å². The van der Waals surface area contributed by atoms with E-state index < -0.39 is 38.0 Å². The third kappa shape index (κ3) is 2.48. The van der Waals surface area contributed by atoms with Crippen molar-refractivity contribution in [3.63, 3.8) is 0 Å². The highest BCUT2D eigenvalue weighted by Gasteiger charge is 2.21. The van der Waals surface area contributed by atoms with Gasteiger partial charge >= 0.3 is 5.97 Å². The van der Waals surface area contributed by atoms with E-state index in [1.54, 1.807) is 0 Å². The molecule has 1 aromatic heterocycles. The Morgan fingerprint density at radius 2 is 2.00 bits per heavy atom. The number of carboxylic acid groups (broad SMARTS) is 1. The van der Waals surface area contributed by atoms with Crippen LogP contribution in [0.5, 0.6) is 5.75 Å². The molecule has 2 rings (SSSR count). The number of carboxylic acids is 1. The summed E-state index contributed by atoms with van der Waals surface area (Å²) in [6.45, 7) is 0. The number of nitrogens with zero attached hydrogens (tertiary/aromatic N) is 1. The van der Waals surface area contributed by atoms with E-state index in [1.807, 2.05) is 0 Å². The summed E-state index contributed by atoms with van der Waals surface area (Å²) in [5.74, 6) is -3.51. The normalized spacial score (nSPS) is 11.5. The van der Waals surface area contributed by atoms with Gasteiger partial charge in [-0.3, -0.25) is 0 Å². The zero-order valence-electron chi connectivity index (χ0n) is 9.99. The van der Waals surface area contributed by atoms with Crippen LogP contribution in [0, 0.1) is 5.82 Å². The molecule has 20 heavy (non-hydrogen) atoms. The number of aromatic carboxylic acids is 1. The monoisotopic (exact) mass is 301 g/mol. The van der Waals surface area contributed by atoms with Gasteiger partial charge < -0.3 is 14.7 Å². The third-order valence-electron chi connectivity index (χ3n) is 2.45. The molecule has 1 aromatic carbocycles. The standard InChI is InChI=1S/C11H8FNO6S/c1-20(17,18)10-4-8(14)5(2-6(10)12)7-3-9(11(15)16)19-13-7/h2-4,14H,1H3,(H,15,16). The van der Waals surface area contributed by atoms with Gasteiger partial charge in [0.1, 0.15) is 22.2 Å². The number of phenolic OH excluding ortho intramolecular Hbond substituents is 1. The summed E-state index contributed by atoms with van der Waals surface area (Å²) in [6, 6.07) is 2.46. The lowest BCUT2D eigenvalue weighted by molar-refractivity contribution is 0.0652. The van der Waals surface area contributed by atoms with Crippen LogP contribution in [-0.2, 0) is 9.84 Å². The van der Waals surface area contributed by atoms with Gasteiger partial charge in [0.05, 0.1) is 0 Å². The van der Waals surface area contributed by atoms with Crippen LogP contribution >= 0.6 is 0 Å². The van der Waals surface area contributed by atoms with E-state index in [9.17, 15) is 22.7 Å². The maximum absolute atomic E-state index is 13.7. The Morgan fingerprint density at radius 3 is 2.50 bits per heavy atom. The van der Waals surface area contributed by atoms with Crippen LogP contribution in [0.1, 0.15) is 10.6 Å². The Hall–Kier alpha value is -2.42. The molecule has 0 saturated carbocycles. The van der Waals surface area contributed by atoms with E-state index >= 15 is 0 Å². The fourth-order valence-electron chi connectivity index (χ4n) is 1.53. The minimum atomic E-state index is -3.84. The van der Waals surface area contributed by atoms with Gasteiger partial charge in [0.15, 0.2) is 9.84 Å². The molecule has 9 heteroatoms. The second kappa shape index (κ2) is 4.60. The smallest absolute Gasteiger partial charge is 0.374 e. The number of benzene rings is 1. The molecular formula is C11H8FNO6S. The van der Waals surface area contributed by atoms with Gasteiger partial charge in [-0.1, -0.05) is 5.16 Å². The van der Waals surface area contributed by atoms with Gasteiger partial charge in [0.2, 0.25) is 5.76 Å². The Kier molecular flexibility index (Phi) is 3.22. The number of carbonyl (C=O) groups is 1. The Balaban J connectivity index is 2.59. The molecule has 7 nitrogen and oxygen atoms in total. The lowest BCUT2D eigenvalue weighted by Gasteiger charge is -2.05. The number of rotatable bonds is 3. The van der Waals surface area contributed by atoms with Crippen LogP contribution in [0.2, 0.25) is 0 Å². The van der Waals surface area contributed by atoms with E-state index in [-0.39, 0.29) is 11.3 Å². The van der Waals surface area contributed by atoms with Crippen molar-refractivity contribution in [3.05, 3.63) is 29.8 Å². The highest BCUT2D eigenvalue weighted by atomic mass is 32.2. The molecule has 0 bridgehead atoms. The predicted octanol–water partition coefficient (Wildman–Crippen LogP) is 1.29. The summed E-state index contributed by atoms with van der Waals surface area (Å²) in [5, 5.41) is 21.8. The van der Waals surface area contributed by atoms with Crippen LogP contribution < -0.4 is 0 Å². The topological polar surface area (TPSA) is 118 Å². The van der Waals surface area contributed by atoms with Gasteiger partial charge in [0, 0.05) is 24.0 Å². The van der Waals surface area contributed by atoms with Gasteiger partial charge in [0.25, 0.3) is 0 Å². The van der Waals surface area contributed by atoms with Gasteiger partial charge in [-0.15, -0.1) is 0 Å². The minimum absolute atomic E-state index is 0.126. The van der Waals surface area contributed by atoms with E-state index in [1.165, 1.54) is 0 Å². The number of hydrogen-bond acceptors (Lipinski definition) is 6. The molecule has 0 aliphatic heterocycles. The van der Waals surface area contributed by atoms with Gasteiger partial charge in [-0.25, -0.2) is 17.6 Å². The lowest BCUT2D eigenvalue weighted by Crippen LogP contribution is -2.01. The molecule has 0 amide bonds. The van der Waals surface area contributed by atoms with Gasteiger partial charge in [-0.2, -0.15) is 0 Å². The number of sulfone groups is 1. The van der Waals surface area contributed by atoms with Crippen molar-refractivity contribution in [2.24, 2.45) is 0 Å². The van der Waals surface area contributed by atoms with Crippen molar-refractivity contribution in [2.75, 3.05) is 6.26 Å². The molecule has 2 aromatic rings. The zero-order chi connectivity index (χ0) is 15.1. The molecular weight excluding hydrogens is 293 g/mol. The zero-order valence-corrected chi connectivity index (χ0v) is 10.8. The lowest BCUT2D eigenvalue weighted by atomic mass is 10.1. The summed E-state index contributed by atoms with van der Waals surface area (Å²) in [6.07, 6.45) is 0.795. The summed E-state index contributed by atoms with van der Waals surface area (Å²) in [5.41, 5.74) is -0.301. The first kappa shape index (κ1) is 14.0. The molecule has 0 aliphatic carbocycles. The van der Waals surface area contributed by atoms with Crippen LogP contribution in [0.25, 0.3) is 11.3 Å². The fourth-order valence-corrected chi connectivity index (χ4v) is 2.27. The molecule has 0 aliphatic rings. The number of aromatic nitrogens is 1. The molecule has 0 unspecified atom stereocenters. The fraction of sp³-hybridized carbons (Fsp3) is 0.0909. The van der Waals surface area contributed by atoms with Crippen LogP contribution in [0.3, 0.4) is 0 Å². The number of aromatic hydroxyl groups is 1. The molecule has 2 N–H and O–H groups in total. The Morgan fingerprint density at radius 1 is 1.35 bits per heavy atom. The van der Waals surface area contributed by atoms with E-state index in [0.29, 0.717) is 0 Å². The van der Waals surface area contributed by atoms with E-state index in [2.05, 4.69) is 9.68 Å². The number of phenols is 1. The first-order valence-electron chi connectivity index (χ1n) is 5.13. The summed E-state index contributed by atoms with van der Waals surface area (Å²) in [4.78, 5) is 9.97. The Bertz CT molecular complexity index is 795. The highest BCUT2D eigenvalue weighted by molar-refractivity contribution is 7.90. The maximum atomic E-state index is 13.7. The van der Waals surface area contributed by atoms with Gasteiger partial charge in [-0.05, 0) is 6.07 Å². The molecule has 0 fully saturated rings. The van der Waals surface area contributed by atoms with Crippen molar-refractivity contribution in [3.8, 4) is 17.0 Å². The molecule has 1 heterocycles. The first-order valence-corrected chi connectivity index (χ1v) is 7.02. The van der Waals surface area contributed by atoms with E-state index in [0.717, 1.165) is 24.5 Å². The van der Waals surface area contributed by atoms with Crippen molar-refractivity contribution in [1.29, 1.82) is 0 Å². The quantitative estimate of drug-likeness (QED) is 0.876. The maximum Gasteiger partial charge on any atom is 0.374 e. The Labute approximate surface area is 112 Å². The summed E-state index contributed by atoms with van der Waals surface area (Å²) >= 11 is 0. The molecule has 0 atom stereocenters. The minimum Gasteiger partial charge on any atom is -0.507 e. The number of hydrogen-bond donors (Lipinski definition) is 2. The van der Waals surface area contributed by atoms with Crippen molar-refractivity contribution < 1.29 is 32.3 Å². The average molecular weight is 301 g/mol. The van der Waals surface area contributed by atoms with E-state index in [4.69, 9.17) is 5.11 Å². The second-order valence-corrected chi connectivity index (χ2v) is 5.94. The largest absolute Gasteiger partial charge is 0.507 e. The van der Waals surface area contributed by atoms with Crippen LogP contribution in [-0.4, -0.2) is 36.0 Å². The third-order valence-corrected chi connectivity index (χ3v) is 3.56. The van der Waals surface area contributed by atoms with Crippen molar-refractivity contribution in [2.45, 2.75) is 4.90 Å². The first-order chi connectivity index (χ1) is 9.20. The summed E-state index contributed by atoms with van der Waals surface area (Å²) < 4.78 is 40.8. The summed E-state index contributed by atoms with van der Waals surface area (Å²) in [7, 11) is -3.84. The molecule has 0 radical (unpaired) electrons. The molecule has 106 valence electrons. The predicted molar refractivity (Wildman–Crippen MR) is 63.6 cm³/mol. The average Bonchev–Trinajstić information content (AvgIpc) is 2.79. The SMILES string of the molecule is CS(=O)(=O)c1cc(O)c(-c2cc(C(=O)O)on2)cc1F. The van der Waals surface area contributed by atoms with Crippen LogP contribution in [0.15, 0.2) is 27.6 Å². The molecule has 0 saturated heterocycles. The number of halogens is 1. The van der Waals surface area contributed by atoms with Crippen LogP contribution in [0.4, 0.5) is 4.39 Å². The highest BCUT2D eigenvalue weighted by Crippen LogP contribution is 2.32.